The van der Waals surface area contributed by atoms with Crippen LogP contribution < -0.4 is 5.32 Å². The summed E-state index contributed by atoms with van der Waals surface area (Å²) in [6.07, 6.45) is -0.0607. The molecule has 2 aromatic carbocycles. The molecule has 0 aliphatic carbocycles. The molecule has 0 saturated heterocycles. The fourth-order valence-electron chi connectivity index (χ4n) is 2.29. The summed E-state index contributed by atoms with van der Waals surface area (Å²) in [5.41, 5.74) is 1.87. The summed E-state index contributed by atoms with van der Waals surface area (Å²) in [6.45, 7) is -0.0942. The van der Waals surface area contributed by atoms with Crippen LogP contribution in [-0.2, 0) is 27.3 Å². The van der Waals surface area contributed by atoms with Gasteiger partial charge in [-0.3, -0.25) is 9.59 Å². The van der Waals surface area contributed by atoms with Gasteiger partial charge >= 0.3 is 5.97 Å². The molecular weight excluding hydrogens is 344 g/mol. The van der Waals surface area contributed by atoms with Crippen LogP contribution in [0.15, 0.2) is 53.1 Å². The number of hydrogen-bond acceptors (Lipinski definition) is 5. The molecule has 0 saturated carbocycles. The number of halogens is 1. The van der Waals surface area contributed by atoms with Gasteiger partial charge in [0.25, 0.3) is 5.91 Å². The van der Waals surface area contributed by atoms with Gasteiger partial charge in [-0.25, -0.2) is 0 Å². The van der Waals surface area contributed by atoms with E-state index >= 15 is 0 Å². The van der Waals surface area contributed by atoms with E-state index in [0.717, 1.165) is 10.9 Å². The molecule has 0 bridgehead atoms. The highest BCUT2D eigenvalue weighted by Gasteiger charge is 2.14. The maximum atomic E-state index is 11.9. The normalized spacial score (nSPS) is 10.6. The van der Waals surface area contributed by atoms with Gasteiger partial charge in [-0.1, -0.05) is 47.1 Å². The molecule has 25 heavy (non-hydrogen) atoms. The molecule has 0 aliphatic heterocycles. The number of nitrogens with zero attached hydrogens (tertiary/aromatic N) is 1. The maximum Gasteiger partial charge on any atom is 0.312 e. The number of para-hydroxylation sites is 1. The molecule has 0 atom stereocenters. The van der Waals surface area contributed by atoms with Crippen LogP contribution in [-0.4, -0.2) is 23.6 Å². The molecule has 3 aromatic rings. The zero-order chi connectivity index (χ0) is 17.6. The van der Waals surface area contributed by atoms with E-state index in [-0.39, 0.29) is 19.6 Å². The molecule has 3 rings (SSSR count). The van der Waals surface area contributed by atoms with E-state index in [1.54, 1.807) is 12.1 Å². The van der Waals surface area contributed by atoms with Crippen molar-refractivity contribution in [3.63, 3.8) is 0 Å². The van der Waals surface area contributed by atoms with E-state index in [9.17, 15) is 9.59 Å². The van der Waals surface area contributed by atoms with Crippen molar-refractivity contribution in [1.82, 2.24) is 10.5 Å². The lowest BCUT2D eigenvalue weighted by atomic mass is 10.2. The van der Waals surface area contributed by atoms with E-state index in [1.165, 1.54) is 0 Å². The van der Waals surface area contributed by atoms with E-state index in [4.69, 9.17) is 20.9 Å². The van der Waals surface area contributed by atoms with Crippen LogP contribution in [0.2, 0.25) is 5.02 Å². The van der Waals surface area contributed by atoms with Gasteiger partial charge in [-0.05, 0) is 23.8 Å². The number of amides is 1. The molecular formula is C18H15ClN2O4. The summed E-state index contributed by atoms with van der Waals surface area (Å²) in [6, 6.07) is 14.4. The minimum Gasteiger partial charge on any atom is -0.455 e. The molecule has 7 heteroatoms. The molecule has 1 N–H and O–H groups in total. The first kappa shape index (κ1) is 17.0. The molecule has 128 valence electrons. The molecule has 6 nitrogen and oxygen atoms in total. The Hall–Kier alpha value is -2.86. The van der Waals surface area contributed by atoms with Crippen LogP contribution >= 0.6 is 11.6 Å². The number of carbonyl (C=O) groups excluding carboxylic acids is 2. The van der Waals surface area contributed by atoms with Gasteiger partial charge in [-0.15, -0.1) is 0 Å². The van der Waals surface area contributed by atoms with E-state index < -0.39 is 11.9 Å². The number of ether oxygens (including phenoxy) is 1. The molecule has 1 amide bonds. The van der Waals surface area contributed by atoms with Crippen molar-refractivity contribution in [2.75, 3.05) is 6.61 Å². The first-order valence-corrected chi connectivity index (χ1v) is 8.00. The Balaban J connectivity index is 1.47. The molecule has 1 aromatic heterocycles. The van der Waals surface area contributed by atoms with Crippen LogP contribution in [0.1, 0.15) is 11.3 Å². The van der Waals surface area contributed by atoms with Crippen molar-refractivity contribution in [2.45, 2.75) is 13.0 Å². The fraction of sp³-hybridized carbons (Fsp3) is 0.167. The Labute approximate surface area is 148 Å². The van der Waals surface area contributed by atoms with E-state index in [0.29, 0.717) is 16.3 Å². The third-order valence-electron chi connectivity index (χ3n) is 3.56. The number of hydrogen-bond donors (Lipinski definition) is 1. The second-order valence-corrected chi connectivity index (χ2v) is 5.74. The van der Waals surface area contributed by atoms with Gasteiger partial charge in [0, 0.05) is 17.0 Å². The topological polar surface area (TPSA) is 81.4 Å². The van der Waals surface area contributed by atoms with E-state index in [2.05, 4.69) is 10.5 Å². The van der Waals surface area contributed by atoms with Gasteiger partial charge in [0.05, 0.1) is 6.42 Å². The molecule has 0 radical (unpaired) electrons. The van der Waals surface area contributed by atoms with Crippen molar-refractivity contribution in [2.24, 2.45) is 0 Å². The van der Waals surface area contributed by atoms with Crippen molar-refractivity contribution in [3.8, 4) is 0 Å². The molecule has 1 heterocycles. The highest BCUT2D eigenvalue weighted by Crippen LogP contribution is 2.18. The van der Waals surface area contributed by atoms with Crippen LogP contribution in [0, 0.1) is 0 Å². The van der Waals surface area contributed by atoms with Crippen molar-refractivity contribution < 1.29 is 18.8 Å². The van der Waals surface area contributed by atoms with Crippen LogP contribution in [0.5, 0.6) is 0 Å². The van der Waals surface area contributed by atoms with E-state index in [1.807, 2.05) is 36.4 Å². The largest absolute Gasteiger partial charge is 0.455 e. The zero-order valence-electron chi connectivity index (χ0n) is 13.2. The van der Waals surface area contributed by atoms with Gasteiger partial charge in [-0.2, -0.15) is 0 Å². The van der Waals surface area contributed by atoms with Crippen LogP contribution in [0.4, 0.5) is 0 Å². The van der Waals surface area contributed by atoms with Crippen LogP contribution in [0.3, 0.4) is 0 Å². The minimum atomic E-state index is -0.549. The summed E-state index contributed by atoms with van der Waals surface area (Å²) in [4.78, 5) is 23.7. The summed E-state index contributed by atoms with van der Waals surface area (Å²) in [7, 11) is 0. The first-order chi connectivity index (χ1) is 12.1. The lowest BCUT2D eigenvalue weighted by Gasteiger charge is -2.07. The third kappa shape index (κ3) is 4.36. The van der Waals surface area contributed by atoms with Crippen molar-refractivity contribution in [3.05, 3.63) is 64.8 Å². The summed E-state index contributed by atoms with van der Waals surface area (Å²) < 4.78 is 10.1. The van der Waals surface area contributed by atoms with Crippen molar-refractivity contribution in [1.29, 1.82) is 0 Å². The van der Waals surface area contributed by atoms with Gasteiger partial charge in [0.2, 0.25) is 0 Å². The number of nitrogens with one attached hydrogen (secondary N) is 1. The number of esters is 1. The third-order valence-corrected chi connectivity index (χ3v) is 3.93. The molecule has 0 spiro atoms. The Bertz CT molecular complexity index is 907. The lowest BCUT2D eigenvalue weighted by Crippen LogP contribution is -2.28. The predicted octanol–water partition coefficient (Wildman–Crippen LogP) is 2.88. The summed E-state index contributed by atoms with van der Waals surface area (Å²) >= 11 is 6.01. The number of rotatable bonds is 6. The van der Waals surface area contributed by atoms with Gasteiger partial charge < -0.3 is 14.6 Å². The zero-order valence-corrected chi connectivity index (χ0v) is 14.0. The van der Waals surface area contributed by atoms with Gasteiger partial charge in [0.1, 0.15) is 5.69 Å². The first-order valence-electron chi connectivity index (χ1n) is 7.62. The average molecular weight is 359 g/mol. The number of carbonyl (C=O) groups is 2. The van der Waals surface area contributed by atoms with Crippen molar-refractivity contribution >= 4 is 34.4 Å². The maximum absolute atomic E-state index is 11.9. The minimum absolute atomic E-state index is 0.0607. The molecule has 0 unspecified atom stereocenters. The Morgan fingerprint density at radius 2 is 1.88 bits per heavy atom. The second kappa shape index (κ2) is 7.81. The second-order valence-electron chi connectivity index (χ2n) is 5.33. The van der Waals surface area contributed by atoms with Crippen LogP contribution in [0.25, 0.3) is 11.0 Å². The lowest BCUT2D eigenvalue weighted by molar-refractivity contribution is -0.148. The monoisotopic (exact) mass is 358 g/mol. The fourth-order valence-corrected chi connectivity index (χ4v) is 2.49. The Morgan fingerprint density at radius 1 is 1.12 bits per heavy atom. The Morgan fingerprint density at radius 3 is 2.72 bits per heavy atom. The molecule has 0 aliphatic rings. The highest BCUT2D eigenvalue weighted by molar-refractivity contribution is 6.31. The summed E-state index contributed by atoms with van der Waals surface area (Å²) in [5.74, 6) is -0.953. The van der Waals surface area contributed by atoms with Gasteiger partial charge in [0.15, 0.2) is 12.2 Å². The summed E-state index contributed by atoms with van der Waals surface area (Å²) in [5, 5.41) is 7.83. The average Bonchev–Trinajstić information content (AvgIpc) is 3.02. The number of aromatic nitrogens is 1. The highest BCUT2D eigenvalue weighted by atomic mass is 35.5. The standard InChI is InChI=1S/C18H15ClN2O4/c19-14-7-3-1-5-12(14)10-20-17(22)11-24-18(23)9-15-13-6-2-4-8-16(13)25-21-15/h1-8H,9-11H2,(H,20,22). The number of fused-ring (bicyclic) bond motifs is 1. The predicted molar refractivity (Wildman–Crippen MR) is 92.0 cm³/mol. The smallest absolute Gasteiger partial charge is 0.312 e. The quantitative estimate of drug-likeness (QED) is 0.685. The number of benzene rings is 2. The SMILES string of the molecule is O=C(COC(=O)Cc1noc2ccccc12)NCc1ccccc1Cl. The molecule has 0 fully saturated rings. The Kier molecular flexibility index (Phi) is 5.30.